The molecule has 1 aliphatic heterocycles. The van der Waals surface area contributed by atoms with Crippen molar-refractivity contribution in [3.05, 3.63) is 59.2 Å². The van der Waals surface area contributed by atoms with E-state index in [1.54, 1.807) is 12.1 Å². The second-order valence-electron chi connectivity index (χ2n) is 7.02. The SMILES string of the molecule is COc1ccc(CN2CCC[C@H](C(=O)c3ccc(C(F)(F)F)cc3)C2)cc1O. The Bertz CT molecular complexity index is 834. The van der Waals surface area contributed by atoms with Crippen molar-refractivity contribution in [2.24, 2.45) is 5.92 Å². The molecular formula is C21H22F3NO3. The summed E-state index contributed by atoms with van der Waals surface area (Å²) in [7, 11) is 1.48. The molecule has 0 spiro atoms. The molecule has 3 rings (SSSR count). The van der Waals surface area contributed by atoms with Crippen LogP contribution in [0, 0.1) is 5.92 Å². The number of piperidine rings is 1. The van der Waals surface area contributed by atoms with Crippen molar-refractivity contribution in [1.82, 2.24) is 4.90 Å². The van der Waals surface area contributed by atoms with Gasteiger partial charge in [0.1, 0.15) is 0 Å². The number of likely N-dealkylation sites (tertiary alicyclic amines) is 1. The van der Waals surface area contributed by atoms with Crippen molar-refractivity contribution < 1.29 is 27.8 Å². The fourth-order valence-electron chi connectivity index (χ4n) is 3.56. The summed E-state index contributed by atoms with van der Waals surface area (Å²) in [6.45, 7) is 1.94. The summed E-state index contributed by atoms with van der Waals surface area (Å²) >= 11 is 0. The third kappa shape index (κ3) is 4.65. The number of carbonyl (C=O) groups excluding carboxylic acids is 1. The Morgan fingerprint density at radius 3 is 2.54 bits per heavy atom. The van der Waals surface area contributed by atoms with E-state index < -0.39 is 11.7 Å². The molecule has 0 aromatic heterocycles. The van der Waals surface area contributed by atoms with Crippen molar-refractivity contribution in [2.45, 2.75) is 25.6 Å². The molecule has 2 aromatic rings. The van der Waals surface area contributed by atoms with E-state index in [4.69, 9.17) is 4.74 Å². The minimum Gasteiger partial charge on any atom is -0.504 e. The molecule has 1 atom stereocenters. The quantitative estimate of drug-likeness (QED) is 0.759. The zero-order chi connectivity index (χ0) is 20.3. The summed E-state index contributed by atoms with van der Waals surface area (Å²) in [4.78, 5) is 14.9. The van der Waals surface area contributed by atoms with Gasteiger partial charge in [-0.05, 0) is 49.2 Å². The molecule has 7 heteroatoms. The number of nitrogens with zero attached hydrogens (tertiary/aromatic N) is 1. The Morgan fingerprint density at radius 2 is 1.93 bits per heavy atom. The average Bonchev–Trinajstić information content (AvgIpc) is 2.67. The first kappa shape index (κ1) is 20.2. The van der Waals surface area contributed by atoms with Gasteiger partial charge in [0.15, 0.2) is 17.3 Å². The number of alkyl halides is 3. The maximum atomic E-state index is 12.7. The van der Waals surface area contributed by atoms with E-state index in [9.17, 15) is 23.1 Å². The number of hydrogen-bond acceptors (Lipinski definition) is 4. The second kappa shape index (κ2) is 8.22. The number of halogens is 3. The van der Waals surface area contributed by atoms with Crippen LogP contribution in [-0.2, 0) is 12.7 Å². The number of hydrogen-bond donors (Lipinski definition) is 1. The monoisotopic (exact) mass is 393 g/mol. The first-order valence-electron chi connectivity index (χ1n) is 9.07. The lowest BCUT2D eigenvalue weighted by Gasteiger charge is -2.32. The van der Waals surface area contributed by atoms with Crippen molar-refractivity contribution in [3.63, 3.8) is 0 Å². The summed E-state index contributed by atoms with van der Waals surface area (Å²) in [6.07, 6.45) is -2.86. The number of ketones is 1. The zero-order valence-corrected chi connectivity index (χ0v) is 15.5. The molecule has 0 saturated carbocycles. The molecule has 1 aliphatic rings. The van der Waals surface area contributed by atoms with Gasteiger partial charge in [0.2, 0.25) is 0 Å². The fourth-order valence-corrected chi connectivity index (χ4v) is 3.56. The van der Waals surface area contributed by atoms with Crippen LogP contribution in [0.2, 0.25) is 0 Å². The minimum absolute atomic E-state index is 0.0643. The summed E-state index contributed by atoms with van der Waals surface area (Å²) < 4.78 is 43.1. The van der Waals surface area contributed by atoms with Gasteiger partial charge in [-0.15, -0.1) is 0 Å². The van der Waals surface area contributed by atoms with Gasteiger partial charge in [0, 0.05) is 24.6 Å². The number of aromatic hydroxyl groups is 1. The van der Waals surface area contributed by atoms with Gasteiger partial charge >= 0.3 is 6.18 Å². The lowest BCUT2D eigenvalue weighted by molar-refractivity contribution is -0.137. The number of rotatable bonds is 5. The molecule has 150 valence electrons. The fraction of sp³-hybridized carbons (Fsp3) is 0.381. The molecule has 1 fully saturated rings. The van der Waals surface area contributed by atoms with Crippen molar-refractivity contribution >= 4 is 5.78 Å². The van der Waals surface area contributed by atoms with Gasteiger partial charge in [-0.2, -0.15) is 13.2 Å². The first-order chi connectivity index (χ1) is 13.3. The van der Waals surface area contributed by atoms with Crippen LogP contribution < -0.4 is 4.74 Å². The van der Waals surface area contributed by atoms with Crippen molar-refractivity contribution in [2.75, 3.05) is 20.2 Å². The second-order valence-corrected chi connectivity index (χ2v) is 7.02. The van der Waals surface area contributed by atoms with Crippen LogP contribution >= 0.6 is 0 Å². The lowest BCUT2D eigenvalue weighted by atomic mass is 9.89. The van der Waals surface area contributed by atoms with Crippen LogP contribution in [0.15, 0.2) is 42.5 Å². The minimum atomic E-state index is -4.41. The molecule has 1 N–H and O–H groups in total. The van der Waals surface area contributed by atoms with E-state index in [2.05, 4.69) is 4.90 Å². The third-order valence-corrected chi connectivity index (χ3v) is 5.02. The number of carbonyl (C=O) groups is 1. The summed E-state index contributed by atoms with van der Waals surface area (Å²) in [5.74, 6) is 0.0838. The van der Waals surface area contributed by atoms with Crippen LogP contribution in [0.1, 0.15) is 34.3 Å². The van der Waals surface area contributed by atoms with E-state index in [1.165, 1.54) is 19.2 Å². The highest BCUT2D eigenvalue weighted by molar-refractivity contribution is 5.98. The molecule has 0 radical (unpaired) electrons. The number of phenolic OH excluding ortho intramolecular Hbond substituents is 1. The standard InChI is InChI=1S/C21H22F3NO3/c1-28-19-9-4-14(11-18(19)26)12-25-10-2-3-16(13-25)20(27)15-5-7-17(8-6-15)21(22,23)24/h4-9,11,16,26H,2-3,10,12-13H2,1H3/t16-/m0/s1. The molecule has 0 unspecified atom stereocenters. The van der Waals surface area contributed by atoms with Crippen LogP contribution in [0.25, 0.3) is 0 Å². The Morgan fingerprint density at radius 1 is 1.21 bits per heavy atom. The van der Waals surface area contributed by atoms with Crippen LogP contribution in [0.3, 0.4) is 0 Å². The van der Waals surface area contributed by atoms with Gasteiger partial charge in [0.25, 0.3) is 0 Å². The van der Waals surface area contributed by atoms with Crippen molar-refractivity contribution in [1.29, 1.82) is 0 Å². The van der Waals surface area contributed by atoms with Crippen molar-refractivity contribution in [3.8, 4) is 11.5 Å². The molecule has 2 aromatic carbocycles. The van der Waals surface area contributed by atoms with Gasteiger partial charge in [-0.25, -0.2) is 0 Å². The van der Waals surface area contributed by atoms with Gasteiger partial charge in [-0.3, -0.25) is 9.69 Å². The topological polar surface area (TPSA) is 49.8 Å². The highest BCUT2D eigenvalue weighted by atomic mass is 19.4. The molecule has 0 bridgehead atoms. The smallest absolute Gasteiger partial charge is 0.416 e. The van der Waals surface area contributed by atoms with E-state index in [-0.39, 0.29) is 17.5 Å². The number of benzene rings is 2. The molecule has 28 heavy (non-hydrogen) atoms. The van der Waals surface area contributed by atoms with Gasteiger partial charge in [-0.1, -0.05) is 18.2 Å². The number of ether oxygens (including phenoxy) is 1. The third-order valence-electron chi connectivity index (χ3n) is 5.02. The molecular weight excluding hydrogens is 371 g/mol. The predicted octanol–water partition coefficient (Wildman–Crippen LogP) is 4.51. The number of methoxy groups -OCH3 is 1. The largest absolute Gasteiger partial charge is 0.504 e. The Hall–Kier alpha value is -2.54. The maximum Gasteiger partial charge on any atom is 0.416 e. The normalized spacial score (nSPS) is 18.1. The molecule has 0 amide bonds. The Labute approximate surface area is 161 Å². The molecule has 4 nitrogen and oxygen atoms in total. The molecule has 0 aliphatic carbocycles. The first-order valence-corrected chi connectivity index (χ1v) is 9.07. The van der Waals surface area contributed by atoms with E-state index >= 15 is 0 Å². The zero-order valence-electron chi connectivity index (χ0n) is 15.5. The number of phenols is 1. The summed E-state index contributed by atoms with van der Waals surface area (Å²) in [5.41, 5.74) is 0.455. The predicted molar refractivity (Wildman–Crippen MR) is 98.4 cm³/mol. The molecule has 1 heterocycles. The van der Waals surface area contributed by atoms with E-state index in [1.807, 2.05) is 6.07 Å². The van der Waals surface area contributed by atoms with Gasteiger partial charge in [0.05, 0.1) is 12.7 Å². The van der Waals surface area contributed by atoms with E-state index in [0.717, 1.165) is 30.7 Å². The highest BCUT2D eigenvalue weighted by Crippen LogP contribution is 2.31. The Kier molecular flexibility index (Phi) is 5.93. The lowest BCUT2D eigenvalue weighted by Crippen LogP contribution is -2.38. The van der Waals surface area contributed by atoms with Crippen LogP contribution in [0.4, 0.5) is 13.2 Å². The number of Topliss-reactive ketones (excluding diaryl/α,β-unsaturated/α-hetero) is 1. The highest BCUT2D eigenvalue weighted by Gasteiger charge is 2.31. The Balaban J connectivity index is 1.65. The van der Waals surface area contributed by atoms with Crippen LogP contribution in [0.5, 0.6) is 11.5 Å². The van der Waals surface area contributed by atoms with Gasteiger partial charge < -0.3 is 9.84 Å². The maximum absolute atomic E-state index is 12.7. The average molecular weight is 393 g/mol. The molecule has 1 saturated heterocycles. The summed E-state index contributed by atoms with van der Waals surface area (Å²) in [5, 5.41) is 9.91. The summed E-state index contributed by atoms with van der Waals surface area (Å²) in [6, 6.07) is 9.61. The van der Waals surface area contributed by atoms with E-state index in [0.29, 0.717) is 30.8 Å². The van der Waals surface area contributed by atoms with Crippen LogP contribution in [-0.4, -0.2) is 36.0 Å².